The van der Waals surface area contributed by atoms with Crippen LogP contribution in [0.1, 0.15) is 26.7 Å². The Kier molecular flexibility index (Phi) is 7.14. The molecule has 0 fully saturated rings. The van der Waals surface area contributed by atoms with Crippen LogP contribution in [0.25, 0.3) is 0 Å². The second-order valence-corrected chi connectivity index (χ2v) is 2.88. The summed E-state index contributed by atoms with van der Waals surface area (Å²) in [7, 11) is 3.12. The molecule has 0 aliphatic rings. The lowest BCUT2D eigenvalue weighted by Crippen LogP contribution is -2.47. The molecule has 0 radical (unpaired) electrons. The Hall–Kier alpha value is -0.810. The van der Waals surface area contributed by atoms with Gasteiger partial charge in [0.25, 0.3) is 0 Å². The van der Waals surface area contributed by atoms with E-state index in [-0.39, 0.29) is 18.5 Å². The van der Waals surface area contributed by atoms with Crippen molar-refractivity contribution in [1.82, 2.24) is 10.6 Å². The van der Waals surface area contributed by atoms with E-state index in [4.69, 9.17) is 9.47 Å². The van der Waals surface area contributed by atoms with Crippen molar-refractivity contribution in [3.63, 3.8) is 0 Å². The summed E-state index contributed by atoms with van der Waals surface area (Å²) in [6, 6.07) is -0.271. The third kappa shape index (κ3) is 5.04. The maximum absolute atomic E-state index is 11.3. The van der Waals surface area contributed by atoms with Gasteiger partial charge in [-0.25, -0.2) is 4.79 Å². The Morgan fingerprint density at radius 2 is 1.43 bits per heavy atom. The van der Waals surface area contributed by atoms with Gasteiger partial charge in [0, 0.05) is 14.2 Å². The van der Waals surface area contributed by atoms with Crippen LogP contribution >= 0.6 is 0 Å². The number of carbonyl (C=O) groups excluding carboxylic acids is 1. The molecule has 84 valence electrons. The quantitative estimate of drug-likeness (QED) is 0.636. The number of hydrogen-bond acceptors (Lipinski definition) is 3. The van der Waals surface area contributed by atoms with Crippen molar-refractivity contribution in [3.8, 4) is 0 Å². The molecule has 0 aromatic carbocycles. The summed E-state index contributed by atoms with van der Waals surface area (Å²) < 4.78 is 10.0. The highest BCUT2D eigenvalue weighted by atomic mass is 16.5. The summed E-state index contributed by atoms with van der Waals surface area (Å²) in [5, 5.41) is 5.33. The molecule has 0 saturated carbocycles. The summed E-state index contributed by atoms with van der Waals surface area (Å²) in [5.74, 6) is 0. The predicted molar refractivity (Wildman–Crippen MR) is 53.8 cm³/mol. The fourth-order valence-corrected chi connectivity index (χ4v) is 0.989. The number of amides is 2. The van der Waals surface area contributed by atoms with Crippen LogP contribution in [0.4, 0.5) is 4.79 Å². The van der Waals surface area contributed by atoms with Gasteiger partial charge in [0.2, 0.25) is 0 Å². The highest BCUT2D eigenvalue weighted by Gasteiger charge is 2.11. The zero-order chi connectivity index (χ0) is 11.0. The van der Waals surface area contributed by atoms with E-state index in [0.29, 0.717) is 0 Å². The molecule has 5 heteroatoms. The van der Waals surface area contributed by atoms with Gasteiger partial charge in [-0.15, -0.1) is 0 Å². The van der Waals surface area contributed by atoms with E-state index in [2.05, 4.69) is 10.6 Å². The van der Waals surface area contributed by atoms with Gasteiger partial charge in [0.1, 0.15) is 12.5 Å². The molecule has 2 unspecified atom stereocenters. The summed E-state index contributed by atoms with van der Waals surface area (Å²) in [4.78, 5) is 11.3. The van der Waals surface area contributed by atoms with Crippen molar-refractivity contribution >= 4 is 6.03 Å². The number of carbonyl (C=O) groups is 1. The number of methoxy groups -OCH3 is 2. The number of urea groups is 1. The first-order valence-electron chi connectivity index (χ1n) is 4.80. The maximum Gasteiger partial charge on any atom is 0.318 e. The second kappa shape index (κ2) is 7.58. The first kappa shape index (κ1) is 13.2. The average molecular weight is 204 g/mol. The van der Waals surface area contributed by atoms with Crippen molar-refractivity contribution < 1.29 is 14.3 Å². The summed E-state index contributed by atoms with van der Waals surface area (Å²) in [5.41, 5.74) is 0. The zero-order valence-electron chi connectivity index (χ0n) is 9.29. The van der Waals surface area contributed by atoms with Crippen molar-refractivity contribution in [2.75, 3.05) is 14.2 Å². The Bertz CT molecular complexity index is 140. The van der Waals surface area contributed by atoms with Crippen LogP contribution in [0.3, 0.4) is 0 Å². The van der Waals surface area contributed by atoms with E-state index in [0.717, 1.165) is 12.8 Å². The van der Waals surface area contributed by atoms with Gasteiger partial charge in [-0.2, -0.15) is 0 Å². The smallest absolute Gasteiger partial charge is 0.318 e. The van der Waals surface area contributed by atoms with Gasteiger partial charge < -0.3 is 20.1 Å². The Morgan fingerprint density at radius 1 is 1.07 bits per heavy atom. The van der Waals surface area contributed by atoms with E-state index in [1.807, 2.05) is 13.8 Å². The fourth-order valence-electron chi connectivity index (χ4n) is 0.989. The van der Waals surface area contributed by atoms with E-state index >= 15 is 0 Å². The minimum atomic E-state index is -0.271. The van der Waals surface area contributed by atoms with Crippen LogP contribution in [0.2, 0.25) is 0 Å². The SMILES string of the molecule is CCC(NC(=O)NC(CC)OC)OC. The minimum absolute atomic E-state index is 0.246. The largest absolute Gasteiger partial charge is 0.362 e. The molecule has 0 bridgehead atoms. The third-order valence-electron chi connectivity index (χ3n) is 1.89. The van der Waals surface area contributed by atoms with E-state index in [9.17, 15) is 4.79 Å². The van der Waals surface area contributed by atoms with Crippen LogP contribution in [0, 0.1) is 0 Å². The lowest BCUT2D eigenvalue weighted by atomic mass is 10.4. The average Bonchev–Trinajstić information content (AvgIpc) is 2.22. The molecule has 0 aliphatic carbocycles. The Morgan fingerprint density at radius 3 is 1.64 bits per heavy atom. The molecule has 0 heterocycles. The summed E-state index contributed by atoms with van der Waals surface area (Å²) in [6.45, 7) is 3.87. The van der Waals surface area contributed by atoms with Crippen molar-refractivity contribution in [2.45, 2.75) is 39.1 Å². The topological polar surface area (TPSA) is 59.6 Å². The van der Waals surface area contributed by atoms with Gasteiger partial charge in [0.05, 0.1) is 0 Å². The molecule has 14 heavy (non-hydrogen) atoms. The maximum atomic E-state index is 11.3. The number of hydrogen-bond donors (Lipinski definition) is 2. The van der Waals surface area contributed by atoms with Crippen LogP contribution in [0.5, 0.6) is 0 Å². The van der Waals surface area contributed by atoms with Crippen molar-refractivity contribution in [2.24, 2.45) is 0 Å². The fraction of sp³-hybridized carbons (Fsp3) is 0.889. The van der Waals surface area contributed by atoms with E-state index < -0.39 is 0 Å². The minimum Gasteiger partial charge on any atom is -0.362 e. The second-order valence-electron chi connectivity index (χ2n) is 2.88. The predicted octanol–water partition coefficient (Wildman–Crippen LogP) is 1.05. The Balaban J connectivity index is 3.83. The lowest BCUT2D eigenvalue weighted by Gasteiger charge is -2.19. The van der Waals surface area contributed by atoms with Gasteiger partial charge in [-0.3, -0.25) is 0 Å². The summed E-state index contributed by atoms with van der Waals surface area (Å²) >= 11 is 0. The molecule has 5 nitrogen and oxygen atoms in total. The van der Waals surface area contributed by atoms with Crippen LogP contribution < -0.4 is 10.6 Å². The highest BCUT2D eigenvalue weighted by molar-refractivity contribution is 5.74. The first-order chi connectivity index (χ1) is 6.67. The van der Waals surface area contributed by atoms with Crippen LogP contribution in [-0.2, 0) is 9.47 Å². The monoisotopic (exact) mass is 204 g/mol. The number of ether oxygens (including phenoxy) is 2. The molecule has 0 aromatic rings. The van der Waals surface area contributed by atoms with Gasteiger partial charge >= 0.3 is 6.03 Å². The molecular formula is C9H20N2O3. The zero-order valence-corrected chi connectivity index (χ0v) is 9.29. The van der Waals surface area contributed by atoms with Crippen LogP contribution in [0.15, 0.2) is 0 Å². The highest BCUT2D eigenvalue weighted by Crippen LogP contribution is 1.93. The van der Waals surface area contributed by atoms with Gasteiger partial charge in [-0.05, 0) is 12.8 Å². The molecular weight excluding hydrogens is 184 g/mol. The summed E-state index contributed by atoms with van der Waals surface area (Å²) in [6.07, 6.45) is 0.968. The normalized spacial score (nSPS) is 14.6. The van der Waals surface area contributed by atoms with Gasteiger partial charge in [0.15, 0.2) is 0 Å². The molecule has 0 aliphatic heterocycles. The van der Waals surface area contributed by atoms with E-state index in [1.54, 1.807) is 14.2 Å². The van der Waals surface area contributed by atoms with Crippen molar-refractivity contribution in [1.29, 1.82) is 0 Å². The van der Waals surface area contributed by atoms with Crippen molar-refractivity contribution in [3.05, 3.63) is 0 Å². The van der Waals surface area contributed by atoms with Gasteiger partial charge in [-0.1, -0.05) is 13.8 Å². The van der Waals surface area contributed by atoms with Crippen LogP contribution in [-0.4, -0.2) is 32.7 Å². The third-order valence-corrected chi connectivity index (χ3v) is 1.89. The lowest BCUT2D eigenvalue weighted by molar-refractivity contribution is 0.0603. The number of nitrogens with one attached hydrogen (secondary N) is 2. The standard InChI is InChI=1S/C9H20N2O3/c1-5-7(13-3)10-9(12)11-8(6-2)14-4/h7-8H,5-6H2,1-4H3,(H2,10,11,12). The Labute approximate surface area is 85.1 Å². The molecule has 0 aromatic heterocycles. The first-order valence-corrected chi connectivity index (χ1v) is 4.80. The molecule has 0 spiro atoms. The molecule has 0 saturated heterocycles. The molecule has 2 amide bonds. The molecule has 2 N–H and O–H groups in total. The van der Waals surface area contributed by atoms with E-state index in [1.165, 1.54) is 0 Å². The molecule has 2 atom stereocenters. The molecule has 0 rings (SSSR count). The number of rotatable bonds is 6.